The van der Waals surface area contributed by atoms with E-state index in [1.54, 1.807) is 6.20 Å². The fourth-order valence-electron chi connectivity index (χ4n) is 2.71. The molecule has 1 atom stereocenters. The van der Waals surface area contributed by atoms with Gasteiger partial charge in [0.2, 0.25) is 0 Å². The van der Waals surface area contributed by atoms with Crippen LogP contribution in [0, 0.1) is 6.92 Å². The Morgan fingerprint density at radius 1 is 1.50 bits per heavy atom. The molecule has 3 heterocycles. The number of rotatable bonds is 3. The summed E-state index contributed by atoms with van der Waals surface area (Å²) in [5.41, 5.74) is 1.54. The van der Waals surface area contributed by atoms with E-state index in [0.29, 0.717) is 12.4 Å². The number of amides is 1. The smallest absolute Gasteiger partial charge is 0.290 e. The standard InChI is InChI=1S/C15H18N4O2S/c1-10-8-22-9-12(10)14(20)18-11-3-2-6-19(7-11)13-15(21)17-5-4-16-13/h4-5,8-9,11H,2-3,6-7H2,1H3,(H,17,21)(H,18,20)/t11-/m0/s1. The second kappa shape index (κ2) is 6.31. The quantitative estimate of drug-likeness (QED) is 0.900. The minimum atomic E-state index is -0.192. The van der Waals surface area contributed by atoms with E-state index in [1.165, 1.54) is 17.5 Å². The van der Waals surface area contributed by atoms with E-state index in [0.717, 1.165) is 30.5 Å². The van der Waals surface area contributed by atoms with Crippen LogP contribution in [0.5, 0.6) is 0 Å². The molecule has 0 aliphatic carbocycles. The molecule has 1 aliphatic rings. The van der Waals surface area contributed by atoms with Gasteiger partial charge in [-0.3, -0.25) is 9.59 Å². The van der Waals surface area contributed by atoms with Gasteiger partial charge in [0.25, 0.3) is 11.5 Å². The number of nitrogens with one attached hydrogen (secondary N) is 2. The zero-order chi connectivity index (χ0) is 15.5. The minimum Gasteiger partial charge on any atom is -0.350 e. The van der Waals surface area contributed by atoms with Crippen molar-refractivity contribution < 1.29 is 4.79 Å². The molecule has 6 nitrogen and oxygen atoms in total. The predicted molar refractivity (Wildman–Crippen MR) is 86.6 cm³/mol. The average Bonchev–Trinajstić information content (AvgIpc) is 2.94. The highest BCUT2D eigenvalue weighted by molar-refractivity contribution is 7.08. The van der Waals surface area contributed by atoms with Crippen molar-refractivity contribution in [2.45, 2.75) is 25.8 Å². The van der Waals surface area contributed by atoms with E-state index in [1.807, 2.05) is 22.6 Å². The first-order chi connectivity index (χ1) is 10.6. The summed E-state index contributed by atoms with van der Waals surface area (Å²) in [4.78, 5) is 32.9. The summed E-state index contributed by atoms with van der Waals surface area (Å²) in [5, 5.41) is 6.90. The Labute approximate surface area is 132 Å². The third-order valence-electron chi connectivity index (χ3n) is 3.85. The van der Waals surface area contributed by atoms with Crippen molar-refractivity contribution in [2.75, 3.05) is 18.0 Å². The number of carbonyl (C=O) groups excluding carboxylic acids is 1. The number of nitrogens with zero attached hydrogens (tertiary/aromatic N) is 2. The van der Waals surface area contributed by atoms with Gasteiger partial charge < -0.3 is 15.2 Å². The zero-order valence-electron chi connectivity index (χ0n) is 12.3. The van der Waals surface area contributed by atoms with Gasteiger partial charge in [-0.2, -0.15) is 11.3 Å². The second-order valence-electron chi connectivity index (χ2n) is 5.47. The molecular formula is C15H18N4O2S. The number of H-pyrrole nitrogens is 1. The number of carbonyl (C=O) groups is 1. The molecule has 0 unspecified atom stereocenters. The second-order valence-corrected chi connectivity index (χ2v) is 6.21. The zero-order valence-corrected chi connectivity index (χ0v) is 13.2. The topological polar surface area (TPSA) is 78.1 Å². The van der Waals surface area contributed by atoms with Crippen LogP contribution in [-0.4, -0.2) is 35.0 Å². The molecule has 3 rings (SSSR count). The molecule has 116 valence electrons. The van der Waals surface area contributed by atoms with Crippen molar-refractivity contribution >= 4 is 23.1 Å². The maximum absolute atomic E-state index is 12.3. The molecule has 1 saturated heterocycles. The lowest BCUT2D eigenvalue weighted by Gasteiger charge is -2.33. The molecule has 7 heteroatoms. The van der Waals surface area contributed by atoms with Crippen LogP contribution in [-0.2, 0) is 0 Å². The van der Waals surface area contributed by atoms with E-state index in [4.69, 9.17) is 0 Å². The number of piperidine rings is 1. The first-order valence-electron chi connectivity index (χ1n) is 7.27. The number of aromatic nitrogens is 2. The van der Waals surface area contributed by atoms with Crippen molar-refractivity contribution in [1.82, 2.24) is 15.3 Å². The molecule has 2 N–H and O–H groups in total. The first-order valence-corrected chi connectivity index (χ1v) is 8.21. The third-order valence-corrected chi connectivity index (χ3v) is 4.71. The van der Waals surface area contributed by atoms with Gasteiger partial charge in [-0.15, -0.1) is 0 Å². The van der Waals surface area contributed by atoms with E-state index in [9.17, 15) is 9.59 Å². The lowest BCUT2D eigenvalue weighted by Crippen LogP contribution is -2.49. The Morgan fingerprint density at radius 2 is 2.36 bits per heavy atom. The van der Waals surface area contributed by atoms with Gasteiger partial charge in [0.1, 0.15) is 0 Å². The Bertz CT molecular complexity index is 724. The SMILES string of the molecule is Cc1cscc1C(=O)N[C@H]1CCCN(c2ncc[nH]c2=O)C1. The summed E-state index contributed by atoms with van der Waals surface area (Å²) in [5.74, 6) is 0.383. The molecular weight excluding hydrogens is 300 g/mol. The highest BCUT2D eigenvalue weighted by Crippen LogP contribution is 2.17. The molecule has 1 amide bonds. The van der Waals surface area contributed by atoms with Crippen LogP contribution in [0.15, 0.2) is 27.9 Å². The molecule has 0 bridgehead atoms. The minimum absolute atomic E-state index is 0.0296. The number of aryl methyl sites for hydroxylation is 1. The van der Waals surface area contributed by atoms with Crippen molar-refractivity contribution in [2.24, 2.45) is 0 Å². The van der Waals surface area contributed by atoms with Crippen LogP contribution in [0.1, 0.15) is 28.8 Å². The largest absolute Gasteiger partial charge is 0.350 e. The fourth-order valence-corrected chi connectivity index (χ4v) is 3.54. The van der Waals surface area contributed by atoms with E-state index in [-0.39, 0.29) is 17.5 Å². The van der Waals surface area contributed by atoms with Crippen LogP contribution in [0.4, 0.5) is 5.82 Å². The average molecular weight is 318 g/mol. The highest BCUT2D eigenvalue weighted by Gasteiger charge is 2.24. The molecule has 0 radical (unpaired) electrons. The van der Waals surface area contributed by atoms with Gasteiger partial charge in [-0.05, 0) is 30.7 Å². The van der Waals surface area contributed by atoms with Crippen LogP contribution >= 0.6 is 11.3 Å². The van der Waals surface area contributed by atoms with Crippen LogP contribution < -0.4 is 15.8 Å². The van der Waals surface area contributed by atoms with Crippen molar-refractivity contribution in [1.29, 1.82) is 0 Å². The molecule has 0 spiro atoms. The lowest BCUT2D eigenvalue weighted by molar-refractivity contribution is 0.0933. The molecule has 2 aromatic rings. The first kappa shape index (κ1) is 14.8. The van der Waals surface area contributed by atoms with E-state index < -0.39 is 0 Å². The van der Waals surface area contributed by atoms with Crippen LogP contribution in [0.3, 0.4) is 0 Å². The number of hydrogen-bond acceptors (Lipinski definition) is 5. The highest BCUT2D eigenvalue weighted by atomic mass is 32.1. The Balaban J connectivity index is 1.69. The summed E-state index contributed by atoms with van der Waals surface area (Å²) in [7, 11) is 0. The normalized spacial score (nSPS) is 18.2. The van der Waals surface area contributed by atoms with Gasteiger partial charge in [0, 0.05) is 36.9 Å². The van der Waals surface area contributed by atoms with Crippen molar-refractivity contribution in [3.63, 3.8) is 0 Å². The maximum Gasteiger partial charge on any atom is 0.290 e. The third kappa shape index (κ3) is 3.04. The molecule has 22 heavy (non-hydrogen) atoms. The van der Waals surface area contributed by atoms with Gasteiger partial charge in [-0.1, -0.05) is 0 Å². The summed E-state index contributed by atoms with van der Waals surface area (Å²) in [6, 6.07) is 0.0296. The van der Waals surface area contributed by atoms with Crippen molar-refractivity contribution in [3.8, 4) is 0 Å². The summed E-state index contributed by atoms with van der Waals surface area (Å²) in [6.45, 7) is 3.32. The molecule has 1 aliphatic heterocycles. The monoisotopic (exact) mass is 318 g/mol. The molecule has 1 fully saturated rings. The van der Waals surface area contributed by atoms with Crippen LogP contribution in [0.2, 0.25) is 0 Å². The Kier molecular flexibility index (Phi) is 4.24. The van der Waals surface area contributed by atoms with Gasteiger partial charge >= 0.3 is 0 Å². The van der Waals surface area contributed by atoms with E-state index in [2.05, 4.69) is 15.3 Å². The lowest BCUT2D eigenvalue weighted by atomic mass is 10.0. The maximum atomic E-state index is 12.3. The van der Waals surface area contributed by atoms with Gasteiger partial charge in [0.05, 0.1) is 5.56 Å². The fraction of sp³-hybridized carbons (Fsp3) is 0.400. The van der Waals surface area contributed by atoms with Crippen molar-refractivity contribution in [3.05, 3.63) is 44.6 Å². The summed E-state index contributed by atoms with van der Waals surface area (Å²) >= 11 is 1.53. The summed E-state index contributed by atoms with van der Waals surface area (Å²) < 4.78 is 0. The number of aromatic amines is 1. The van der Waals surface area contributed by atoms with Gasteiger partial charge in [0.15, 0.2) is 5.82 Å². The molecule has 0 aromatic carbocycles. The van der Waals surface area contributed by atoms with Crippen LogP contribution in [0.25, 0.3) is 0 Å². The van der Waals surface area contributed by atoms with Gasteiger partial charge in [-0.25, -0.2) is 4.98 Å². The summed E-state index contributed by atoms with van der Waals surface area (Å²) in [6.07, 6.45) is 4.93. The van der Waals surface area contributed by atoms with E-state index >= 15 is 0 Å². The molecule has 0 saturated carbocycles. The Hall–Kier alpha value is -2.15. The molecule has 2 aromatic heterocycles. The number of anilines is 1. The Morgan fingerprint density at radius 3 is 3.09 bits per heavy atom. The number of hydrogen-bond donors (Lipinski definition) is 2. The number of thiophene rings is 1. The predicted octanol–water partition coefficient (Wildman–Crippen LogP) is 1.54.